The summed E-state index contributed by atoms with van der Waals surface area (Å²) in [5.74, 6) is 1.17. The summed E-state index contributed by atoms with van der Waals surface area (Å²) in [6, 6.07) is 0. The first-order chi connectivity index (χ1) is 8.45. The molecular formula is C14H29N3O. The van der Waals surface area contributed by atoms with Gasteiger partial charge in [0.2, 0.25) is 0 Å². The van der Waals surface area contributed by atoms with Gasteiger partial charge < -0.3 is 15.8 Å². The summed E-state index contributed by atoms with van der Waals surface area (Å²) in [6.45, 7) is 8.33. The van der Waals surface area contributed by atoms with E-state index in [1.807, 2.05) is 0 Å². The highest BCUT2D eigenvalue weighted by Gasteiger charge is 2.30. The molecule has 1 aliphatic rings. The monoisotopic (exact) mass is 255 g/mol. The molecule has 0 atom stereocenters. The minimum atomic E-state index is 0.291. The van der Waals surface area contributed by atoms with Crippen LogP contribution in [-0.2, 0) is 4.74 Å². The predicted octanol–water partition coefficient (Wildman–Crippen LogP) is 2.14. The van der Waals surface area contributed by atoms with Crippen LogP contribution < -0.4 is 11.1 Å². The summed E-state index contributed by atoms with van der Waals surface area (Å²) in [4.78, 5) is 4.48. The lowest BCUT2D eigenvalue weighted by Crippen LogP contribution is -2.36. The van der Waals surface area contributed by atoms with E-state index in [1.54, 1.807) is 7.11 Å². The summed E-state index contributed by atoms with van der Waals surface area (Å²) in [5.41, 5.74) is 6.16. The van der Waals surface area contributed by atoms with Crippen molar-refractivity contribution in [2.75, 3.05) is 20.2 Å². The van der Waals surface area contributed by atoms with E-state index in [2.05, 4.69) is 31.1 Å². The maximum Gasteiger partial charge on any atom is 0.188 e. The van der Waals surface area contributed by atoms with Gasteiger partial charge in [0.25, 0.3) is 0 Å². The van der Waals surface area contributed by atoms with Gasteiger partial charge in [0.05, 0.1) is 6.10 Å². The Morgan fingerprint density at radius 2 is 2.06 bits per heavy atom. The fourth-order valence-corrected chi connectivity index (χ4v) is 2.32. The minimum Gasteiger partial charge on any atom is -0.381 e. The number of methoxy groups -OCH3 is 1. The van der Waals surface area contributed by atoms with Crippen LogP contribution in [0.15, 0.2) is 4.99 Å². The van der Waals surface area contributed by atoms with E-state index >= 15 is 0 Å². The van der Waals surface area contributed by atoms with E-state index in [4.69, 9.17) is 10.5 Å². The Kier molecular flexibility index (Phi) is 5.93. The van der Waals surface area contributed by atoms with Crippen molar-refractivity contribution in [1.82, 2.24) is 5.32 Å². The number of ether oxygens (including phenoxy) is 1. The van der Waals surface area contributed by atoms with E-state index in [1.165, 1.54) is 12.8 Å². The van der Waals surface area contributed by atoms with Gasteiger partial charge in [-0.1, -0.05) is 20.8 Å². The molecule has 4 nitrogen and oxygen atoms in total. The van der Waals surface area contributed by atoms with E-state index < -0.39 is 0 Å². The number of nitrogens with two attached hydrogens (primary N) is 1. The zero-order chi connectivity index (χ0) is 13.6. The molecular weight excluding hydrogens is 226 g/mol. The molecule has 0 aromatic heterocycles. The number of hydrogen-bond acceptors (Lipinski definition) is 2. The minimum absolute atomic E-state index is 0.291. The van der Waals surface area contributed by atoms with Gasteiger partial charge in [0, 0.05) is 20.2 Å². The van der Waals surface area contributed by atoms with Crippen molar-refractivity contribution in [2.45, 2.75) is 52.6 Å². The van der Waals surface area contributed by atoms with Crippen molar-refractivity contribution in [2.24, 2.45) is 22.1 Å². The van der Waals surface area contributed by atoms with E-state index in [0.717, 1.165) is 25.9 Å². The molecule has 0 bridgehead atoms. The zero-order valence-corrected chi connectivity index (χ0v) is 12.3. The molecule has 0 spiro atoms. The van der Waals surface area contributed by atoms with Crippen LogP contribution in [0.2, 0.25) is 0 Å². The maximum atomic E-state index is 5.87. The lowest BCUT2D eigenvalue weighted by molar-refractivity contribution is 0.0353. The highest BCUT2D eigenvalue weighted by molar-refractivity contribution is 5.77. The third kappa shape index (κ3) is 5.25. The average Bonchev–Trinajstić information content (AvgIpc) is 2.35. The van der Waals surface area contributed by atoms with E-state index in [-0.39, 0.29) is 0 Å². The number of rotatable bonds is 5. The lowest BCUT2D eigenvalue weighted by Gasteiger charge is -2.35. The second kappa shape index (κ2) is 6.98. The van der Waals surface area contributed by atoms with Crippen molar-refractivity contribution in [3.05, 3.63) is 0 Å². The summed E-state index contributed by atoms with van der Waals surface area (Å²) < 4.78 is 5.40. The molecule has 0 heterocycles. The fraction of sp³-hybridized carbons (Fsp3) is 0.929. The standard InChI is InChI=1S/C14H29N3O/c1-11(2)9-16-13(15)17-10-14(3)7-5-12(18-4)6-8-14/h11-12H,5-10H2,1-4H3,(H3,15,16,17). The Bertz CT molecular complexity index is 268. The second-order valence-electron chi connectivity index (χ2n) is 6.22. The number of aliphatic imine (C=N–C) groups is 1. The van der Waals surface area contributed by atoms with Gasteiger partial charge in [-0.2, -0.15) is 0 Å². The van der Waals surface area contributed by atoms with Crippen molar-refractivity contribution in [1.29, 1.82) is 0 Å². The molecule has 1 saturated carbocycles. The summed E-state index contributed by atoms with van der Waals surface area (Å²) in [6.07, 6.45) is 5.07. The molecule has 0 saturated heterocycles. The molecule has 0 amide bonds. The quantitative estimate of drug-likeness (QED) is 0.584. The highest BCUT2D eigenvalue weighted by Crippen LogP contribution is 2.36. The van der Waals surface area contributed by atoms with Gasteiger partial charge in [0.15, 0.2) is 5.96 Å². The number of hydrogen-bond donors (Lipinski definition) is 2. The lowest BCUT2D eigenvalue weighted by atomic mass is 9.75. The molecule has 1 aliphatic carbocycles. The highest BCUT2D eigenvalue weighted by atomic mass is 16.5. The normalized spacial score (nSPS) is 29.6. The van der Waals surface area contributed by atoms with Crippen LogP contribution in [0.4, 0.5) is 0 Å². The third-order valence-electron chi connectivity index (χ3n) is 3.80. The van der Waals surface area contributed by atoms with Gasteiger partial charge in [-0.15, -0.1) is 0 Å². The van der Waals surface area contributed by atoms with Crippen LogP contribution in [0.5, 0.6) is 0 Å². The number of nitrogens with one attached hydrogen (secondary N) is 1. The van der Waals surface area contributed by atoms with Crippen molar-refractivity contribution in [3.8, 4) is 0 Å². The molecule has 1 rings (SSSR count). The van der Waals surface area contributed by atoms with Crippen LogP contribution >= 0.6 is 0 Å². The Balaban J connectivity index is 2.35. The Labute approximate surface area is 111 Å². The second-order valence-corrected chi connectivity index (χ2v) is 6.22. The summed E-state index contributed by atoms with van der Waals surface area (Å²) in [5, 5.41) is 3.16. The van der Waals surface area contributed by atoms with E-state index in [9.17, 15) is 0 Å². The third-order valence-corrected chi connectivity index (χ3v) is 3.80. The van der Waals surface area contributed by atoms with Gasteiger partial charge in [-0.05, 0) is 37.0 Å². The van der Waals surface area contributed by atoms with Crippen LogP contribution in [0.25, 0.3) is 0 Å². The zero-order valence-electron chi connectivity index (χ0n) is 12.3. The summed E-state index contributed by atoms with van der Waals surface area (Å²) >= 11 is 0. The van der Waals surface area contributed by atoms with Crippen molar-refractivity contribution in [3.63, 3.8) is 0 Å². The Morgan fingerprint density at radius 3 is 2.56 bits per heavy atom. The molecule has 0 aromatic carbocycles. The van der Waals surface area contributed by atoms with Gasteiger partial charge in [0.1, 0.15) is 0 Å². The maximum absolute atomic E-state index is 5.87. The molecule has 4 heteroatoms. The molecule has 0 aromatic rings. The van der Waals surface area contributed by atoms with Crippen LogP contribution in [-0.4, -0.2) is 32.3 Å². The van der Waals surface area contributed by atoms with Crippen LogP contribution in [0.3, 0.4) is 0 Å². The topological polar surface area (TPSA) is 59.6 Å². The molecule has 106 valence electrons. The molecule has 0 aliphatic heterocycles. The fourth-order valence-electron chi connectivity index (χ4n) is 2.32. The number of nitrogens with zero attached hydrogens (tertiary/aromatic N) is 1. The van der Waals surface area contributed by atoms with E-state index in [0.29, 0.717) is 23.4 Å². The molecule has 0 unspecified atom stereocenters. The summed E-state index contributed by atoms with van der Waals surface area (Å²) in [7, 11) is 1.80. The van der Waals surface area contributed by atoms with Crippen LogP contribution in [0.1, 0.15) is 46.5 Å². The van der Waals surface area contributed by atoms with Crippen molar-refractivity contribution < 1.29 is 4.74 Å². The molecule has 1 fully saturated rings. The number of guanidine groups is 1. The van der Waals surface area contributed by atoms with Crippen molar-refractivity contribution >= 4 is 5.96 Å². The van der Waals surface area contributed by atoms with Crippen LogP contribution in [0, 0.1) is 11.3 Å². The molecule has 3 N–H and O–H groups in total. The molecule has 18 heavy (non-hydrogen) atoms. The van der Waals surface area contributed by atoms with Gasteiger partial charge in [-0.3, -0.25) is 4.99 Å². The largest absolute Gasteiger partial charge is 0.381 e. The molecule has 0 radical (unpaired) electrons. The smallest absolute Gasteiger partial charge is 0.188 e. The van der Waals surface area contributed by atoms with Gasteiger partial charge >= 0.3 is 0 Å². The SMILES string of the molecule is COC1CCC(C)(CN=C(N)NCC(C)C)CC1. The first-order valence-corrected chi connectivity index (χ1v) is 7.02. The Hall–Kier alpha value is -0.770. The predicted molar refractivity (Wildman–Crippen MR) is 76.7 cm³/mol. The van der Waals surface area contributed by atoms with Gasteiger partial charge in [-0.25, -0.2) is 0 Å². The average molecular weight is 255 g/mol. The first kappa shape index (κ1) is 15.3. The Morgan fingerprint density at radius 1 is 1.44 bits per heavy atom. The first-order valence-electron chi connectivity index (χ1n) is 7.02.